The van der Waals surface area contributed by atoms with Crippen LogP contribution in [0.25, 0.3) is 22.1 Å². The lowest BCUT2D eigenvalue weighted by atomic mass is 9.96. The van der Waals surface area contributed by atoms with Crippen molar-refractivity contribution in [3.63, 3.8) is 0 Å². The highest BCUT2D eigenvalue weighted by atomic mass is 16.5. The largest absolute Gasteiger partial charge is 0.490 e. The number of hydrogen-bond donors (Lipinski definition) is 2. The second-order valence-electron chi connectivity index (χ2n) is 10.5. The molecule has 218 valence electrons. The van der Waals surface area contributed by atoms with Crippen molar-refractivity contribution in [1.29, 1.82) is 0 Å². The molecule has 0 atom stereocenters. The van der Waals surface area contributed by atoms with E-state index in [9.17, 15) is 14.7 Å². The highest BCUT2D eigenvalue weighted by molar-refractivity contribution is 6.03. The van der Waals surface area contributed by atoms with Crippen LogP contribution in [-0.2, 0) is 17.8 Å². The van der Waals surface area contributed by atoms with Crippen LogP contribution in [0.1, 0.15) is 27.9 Å². The summed E-state index contributed by atoms with van der Waals surface area (Å²) in [6, 6.07) is 28.5. The summed E-state index contributed by atoms with van der Waals surface area (Å²) >= 11 is 0. The minimum atomic E-state index is -0.303. The zero-order valence-corrected chi connectivity index (χ0v) is 23.6. The van der Waals surface area contributed by atoms with Gasteiger partial charge >= 0.3 is 0 Å². The van der Waals surface area contributed by atoms with Gasteiger partial charge in [-0.2, -0.15) is 0 Å². The number of anilines is 2. The molecule has 0 spiro atoms. The van der Waals surface area contributed by atoms with E-state index >= 15 is 0 Å². The first-order valence-electron chi connectivity index (χ1n) is 14.3. The first-order valence-corrected chi connectivity index (χ1v) is 14.3. The van der Waals surface area contributed by atoms with Crippen LogP contribution in [0.3, 0.4) is 0 Å². The van der Waals surface area contributed by atoms with Crippen LogP contribution < -0.4 is 15.4 Å². The Balaban J connectivity index is 1.27. The van der Waals surface area contributed by atoms with Crippen LogP contribution >= 0.6 is 0 Å². The number of aromatic nitrogens is 1. The number of nitrogens with zero attached hydrogens (tertiary/aromatic N) is 3. The lowest BCUT2D eigenvalue weighted by molar-refractivity contribution is -0.119. The molecule has 9 nitrogen and oxygen atoms in total. The van der Waals surface area contributed by atoms with Crippen molar-refractivity contribution in [3.05, 3.63) is 108 Å². The Morgan fingerprint density at radius 1 is 0.977 bits per heavy atom. The number of hydrogen-bond acceptors (Lipinski definition) is 7. The van der Waals surface area contributed by atoms with Crippen LogP contribution in [-0.4, -0.2) is 53.3 Å². The van der Waals surface area contributed by atoms with Crippen LogP contribution in [0.15, 0.2) is 95.5 Å². The predicted octanol–water partition coefficient (Wildman–Crippen LogP) is 5.07. The minimum absolute atomic E-state index is 0.129. The zero-order chi connectivity index (χ0) is 29.8. The summed E-state index contributed by atoms with van der Waals surface area (Å²) < 4.78 is 11.2. The molecule has 4 aromatic carbocycles. The van der Waals surface area contributed by atoms with Gasteiger partial charge in [0, 0.05) is 18.7 Å². The van der Waals surface area contributed by atoms with Crippen LogP contribution in [0, 0.1) is 0 Å². The summed E-state index contributed by atoms with van der Waals surface area (Å²) in [5.41, 5.74) is 11.6. The number of ether oxygens (including phenoxy) is 1. The Bertz CT molecular complexity index is 1770. The summed E-state index contributed by atoms with van der Waals surface area (Å²) in [6.07, 6.45) is 1.44. The van der Waals surface area contributed by atoms with Gasteiger partial charge < -0.3 is 29.9 Å². The molecule has 1 aliphatic rings. The standard InChI is InChI=1S/C34H32N4O5/c35-33-28-19-26(13-15-30(28)43-36-33)34(41)37(21-23-7-2-1-3-8-23)22-32(40)38-16-18-42-31-20-25(12-14-29(31)38)27-11-5-4-9-24(27)10-6-17-39/h1-5,7-9,11-15,19-20,39H,6,10,16-18,21-22H2,(H2,35,36). The van der Waals surface area contributed by atoms with E-state index in [1.807, 2.05) is 60.7 Å². The number of carbonyl (C=O) groups excluding carboxylic acids is 2. The Hall–Kier alpha value is -5.15. The van der Waals surface area contributed by atoms with Crippen LogP contribution in [0.2, 0.25) is 0 Å². The smallest absolute Gasteiger partial charge is 0.254 e. The normalized spacial score (nSPS) is 12.5. The molecular weight excluding hydrogens is 544 g/mol. The highest BCUT2D eigenvalue weighted by Gasteiger charge is 2.28. The summed E-state index contributed by atoms with van der Waals surface area (Å²) in [5, 5.41) is 13.6. The molecule has 43 heavy (non-hydrogen) atoms. The molecule has 0 aliphatic carbocycles. The monoisotopic (exact) mass is 576 g/mol. The van der Waals surface area contributed by atoms with E-state index in [1.54, 1.807) is 28.0 Å². The van der Waals surface area contributed by atoms with Crippen molar-refractivity contribution >= 4 is 34.3 Å². The maximum absolute atomic E-state index is 13.9. The fourth-order valence-electron chi connectivity index (χ4n) is 5.46. The van der Waals surface area contributed by atoms with Gasteiger partial charge in [-0.1, -0.05) is 65.8 Å². The molecule has 1 aliphatic heterocycles. The fraction of sp³-hybridized carbons (Fsp3) is 0.206. The number of benzene rings is 4. The second kappa shape index (κ2) is 12.4. The van der Waals surface area contributed by atoms with Gasteiger partial charge in [0.2, 0.25) is 5.91 Å². The lowest BCUT2D eigenvalue weighted by Crippen LogP contribution is -2.45. The Morgan fingerprint density at radius 3 is 2.63 bits per heavy atom. The van der Waals surface area contributed by atoms with Crippen molar-refractivity contribution in [2.24, 2.45) is 0 Å². The molecule has 0 saturated heterocycles. The summed E-state index contributed by atoms with van der Waals surface area (Å²) in [6.45, 7) is 0.963. The van der Waals surface area contributed by atoms with Gasteiger partial charge in [0.05, 0.1) is 17.6 Å². The molecule has 3 N–H and O–H groups in total. The number of aliphatic hydroxyl groups is 1. The third-order valence-electron chi connectivity index (χ3n) is 7.63. The average molecular weight is 577 g/mol. The van der Waals surface area contributed by atoms with E-state index in [0.717, 1.165) is 28.7 Å². The molecule has 2 amide bonds. The average Bonchev–Trinajstić information content (AvgIpc) is 3.42. The second-order valence-corrected chi connectivity index (χ2v) is 10.5. The zero-order valence-electron chi connectivity index (χ0n) is 23.6. The molecule has 2 heterocycles. The highest BCUT2D eigenvalue weighted by Crippen LogP contribution is 2.37. The number of nitrogens with two attached hydrogens (primary N) is 1. The van der Waals surface area contributed by atoms with Crippen molar-refractivity contribution in [3.8, 4) is 16.9 Å². The molecule has 5 aromatic rings. The number of aryl methyl sites for hydroxylation is 1. The lowest BCUT2D eigenvalue weighted by Gasteiger charge is -2.32. The molecule has 1 aromatic heterocycles. The molecule has 6 rings (SSSR count). The maximum Gasteiger partial charge on any atom is 0.254 e. The quantitative estimate of drug-likeness (QED) is 0.251. The molecule has 0 saturated carbocycles. The SMILES string of the molecule is Nc1noc2ccc(C(=O)N(CC(=O)N3CCOc4cc(-c5ccccc5CCCO)ccc43)Cc3ccccc3)cc12. The van der Waals surface area contributed by atoms with Crippen molar-refractivity contribution in [2.45, 2.75) is 19.4 Å². The van der Waals surface area contributed by atoms with Crippen LogP contribution in [0.5, 0.6) is 5.75 Å². The summed E-state index contributed by atoms with van der Waals surface area (Å²) in [4.78, 5) is 30.9. The molecule has 0 unspecified atom stereocenters. The topological polar surface area (TPSA) is 122 Å². The van der Waals surface area contributed by atoms with Gasteiger partial charge in [0.1, 0.15) is 18.9 Å². The number of fused-ring (bicyclic) bond motifs is 2. The minimum Gasteiger partial charge on any atom is -0.490 e. The van der Waals surface area contributed by atoms with Gasteiger partial charge in [-0.15, -0.1) is 0 Å². The first-order chi connectivity index (χ1) is 21.0. The molecule has 0 radical (unpaired) electrons. The predicted molar refractivity (Wildman–Crippen MR) is 165 cm³/mol. The van der Waals surface area contributed by atoms with E-state index in [0.29, 0.717) is 47.5 Å². The van der Waals surface area contributed by atoms with Crippen molar-refractivity contribution in [1.82, 2.24) is 10.1 Å². The summed E-state index contributed by atoms with van der Waals surface area (Å²) in [5.74, 6) is 0.303. The van der Waals surface area contributed by atoms with Crippen LogP contribution in [0.4, 0.5) is 11.5 Å². The van der Waals surface area contributed by atoms with Gasteiger partial charge in [0.15, 0.2) is 11.4 Å². The Kier molecular flexibility index (Phi) is 8.06. The Labute approximate surface area is 249 Å². The van der Waals surface area contributed by atoms with E-state index in [2.05, 4.69) is 17.3 Å². The number of aliphatic hydroxyl groups excluding tert-OH is 1. The van der Waals surface area contributed by atoms with Crippen molar-refractivity contribution < 1.29 is 24.0 Å². The fourth-order valence-corrected chi connectivity index (χ4v) is 5.46. The number of rotatable bonds is 9. The number of amides is 2. The molecule has 0 fully saturated rings. The van der Waals surface area contributed by atoms with E-state index in [-0.39, 0.29) is 37.3 Å². The van der Waals surface area contributed by atoms with E-state index in [4.69, 9.17) is 15.0 Å². The van der Waals surface area contributed by atoms with Gasteiger partial charge in [-0.3, -0.25) is 9.59 Å². The van der Waals surface area contributed by atoms with Gasteiger partial charge in [-0.25, -0.2) is 0 Å². The van der Waals surface area contributed by atoms with E-state index < -0.39 is 0 Å². The molecular formula is C34H32N4O5. The molecule has 0 bridgehead atoms. The molecule has 9 heteroatoms. The van der Waals surface area contributed by atoms with Crippen molar-refractivity contribution in [2.75, 3.05) is 36.9 Å². The third-order valence-corrected chi connectivity index (χ3v) is 7.63. The van der Waals surface area contributed by atoms with Gasteiger partial charge in [0.25, 0.3) is 5.91 Å². The maximum atomic E-state index is 13.9. The van der Waals surface area contributed by atoms with Gasteiger partial charge in [-0.05, 0) is 65.4 Å². The Morgan fingerprint density at radius 2 is 1.79 bits per heavy atom. The summed E-state index contributed by atoms with van der Waals surface area (Å²) in [7, 11) is 0. The first kappa shape index (κ1) is 28.0. The number of carbonyl (C=O) groups is 2. The third kappa shape index (κ3) is 5.93. The number of nitrogen functional groups attached to an aromatic ring is 1. The van der Waals surface area contributed by atoms with E-state index in [1.165, 1.54) is 0 Å².